The predicted octanol–water partition coefficient (Wildman–Crippen LogP) is 2.65. The number of hydrogen-bond donors (Lipinski definition) is 3. The quantitative estimate of drug-likeness (QED) is 0.774. The lowest BCUT2D eigenvalue weighted by atomic mass is 10.0. The SMILES string of the molecule is CNC(=O)N1CCCC(N(C(=O)NCc2c[nH]c3ccccc23)C2CC2)C1. The number of fused-ring (bicyclic) bond motifs is 1. The average Bonchev–Trinajstić information content (AvgIpc) is 3.45. The van der Waals surface area contributed by atoms with Gasteiger partial charge in [-0.3, -0.25) is 0 Å². The van der Waals surface area contributed by atoms with Crippen LogP contribution in [0.15, 0.2) is 30.5 Å². The molecular formula is C20H27N5O2. The van der Waals surface area contributed by atoms with Crippen molar-refractivity contribution in [2.24, 2.45) is 0 Å². The van der Waals surface area contributed by atoms with E-state index in [1.54, 1.807) is 7.05 Å². The van der Waals surface area contributed by atoms with Gasteiger partial charge in [0.25, 0.3) is 0 Å². The first-order valence-corrected chi connectivity index (χ1v) is 9.75. The van der Waals surface area contributed by atoms with Crippen molar-refractivity contribution in [3.63, 3.8) is 0 Å². The first-order valence-electron chi connectivity index (χ1n) is 9.75. The summed E-state index contributed by atoms with van der Waals surface area (Å²) in [5, 5.41) is 6.93. The minimum Gasteiger partial charge on any atom is -0.361 e. The van der Waals surface area contributed by atoms with E-state index in [0.29, 0.717) is 19.1 Å². The third-order valence-electron chi connectivity index (χ3n) is 5.57. The van der Waals surface area contributed by atoms with E-state index in [-0.39, 0.29) is 18.1 Å². The Labute approximate surface area is 159 Å². The molecule has 3 N–H and O–H groups in total. The molecule has 1 atom stereocenters. The van der Waals surface area contributed by atoms with Gasteiger partial charge in [-0.1, -0.05) is 18.2 Å². The van der Waals surface area contributed by atoms with E-state index >= 15 is 0 Å². The van der Waals surface area contributed by atoms with Crippen LogP contribution in [-0.2, 0) is 6.54 Å². The molecule has 1 aliphatic carbocycles. The number of H-pyrrole nitrogens is 1. The summed E-state index contributed by atoms with van der Waals surface area (Å²) < 4.78 is 0. The molecule has 4 amide bonds. The third-order valence-corrected chi connectivity index (χ3v) is 5.57. The second-order valence-electron chi connectivity index (χ2n) is 7.45. The van der Waals surface area contributed by atoms with E-state index < -0.39 is 0 Å². The van der Waals surface area contributed by atoms with Crippen molar-refractivity contribution < 1.29 is 9.59 Å². The Kier molecular flexibility index (Phi) is 4.92. The zero-order chi connectivity index (χ0) is 18.8. The Hall–Kier alpha value is -2.70. The van der Waals surface area contributed by atoms with Gasteiger partial charge in [0, 0.05) is 49.8 Å². The molecule has 2 fully saturated rings. The first-order chi connectivity index (χ1) is 13.2. The van der Waals surface area contributed by atoms with E-state index in [1.165, 1.54) is 0 Å². The molecule has 144 valence electrons. The Bertz CT molecular complexity index is 829. The number of para-hydroxylation sites is 1. The minimum absolute atomic E-state index is 0.0217. The summed E-state index contributed by atoms with van der Waals surface area (Å²) >= 11 is 0. The van der Waals surface area contributed by atoms with Crippen molar-refractivity contribution in [1.29, 1.82) is 0 Å². The van der Waals surface area contributed by atoms with Crippen molar-refractivity contribution in [3.05, 3.63) is 36.0 Å². The van der Waals surface area contributed by atoms with Gasteiger partial charge in [-0.2, -0.15) is 0 Å². The number of carbonyl (C=O) groups is 2. The van der Waals surface area contributed by atoms with Gasteiger partial charge in [-0.25, -0.2) is 9.59 Å². The number of hydrogen-bond acceptors (Lipinski definition) is 2. The third kappa shape index (κ3) is 3.72. The maximum Gasteiger partial charge on any atom is 0.318 e. The Morgan fingerprint density at radius 2 is 2.04 bits per heavy atom. The van der Waals surface area contributed by atoms with Crippen LogP contribution in [0.25, 0.3) is 10.9 Å². The van der Waals surface area contributed by atoms with Crippen LogP contribution in [0, 0.1) is 0 Å². The van der Waals surface area contributed by atoms with Crippen LogP contribution in [0.4, 0.5) is 9.59 Å². The van der Waals surface area contributed by atoms with Crippen molar-refractivity contribution in [3.8, 4) is 0 Å². The molecule has 1 aliphatic heterocycles. The molecule has 7 heteroatoms. The van der Waals surface area contributed by atoms with Gasteiger partial charge in [0.1, 0.15) is 0 Å². The summed E-state index contributed by atoms with van der Waals surface area (Å²) in [7, 11) is 1.65. The van der Waals surface area contributed by atoms with Gasteiger partial charge < -0.3 is 25.4 Å². The number of benzene rings is 1. The summed E-state index contributed by atoms with van der Waals surface area (Å²) in [5.74, 6) is 0. The number of likely N-dealkylation sites (tertiary alicyclic amines) is 1. The zero-order valence-electron chi connectivity index (χ0n) is 15.7. The molecule has 4 rings (SSSR count). The van der Waals surface area contributed by atoms with Crippen LogP contribution in [0.1, 0.15) is 31.2 Å². The molecule has 1 unspecified atom stereocenters. The molecule has 0 bridgehead atoms. The smallest absolute Gasteiger partial charge is 0.318 e. The topological polar surface area (TPSA) is 80.5 Å². The van der Waals surface area contributed by atoms with Crippen molar-refractivity contribution in [2.45, 2.75) is 44.3 Å². The first kappa shape index (κ1) is 17.7. The largest absolute Gasteiger partial charge is 0.361 e. The highest BCUT2D eigenvalue weighted by molar-refractivity contribution is 5.84. The standard InChI is InChI=1S/C20H27N5O2/c1-21-19(26)24-10-4-5-16(13-24)25(15-8-9-15)20(27)23-12-14-11-22-18-7-3-2-6-17(14)18/h2-3,6-7,11,15-16,22H,4-5,8-10,12-13H2,1H3,(H,21,26)(H,23,27). The van der Waals surface area contributed by atoms with Crippen molar-refractivity contribution in [1.82, 2.24) is 25.4 Å². The number of carbonyl (C=O) groups excluding carboxylic acids is 2. The average molecular weight is 369 g/mol. The van der Waals surface area contributed by atoms with E-state index in [0.717, 1.165) is 48.7 Å². The summed E-state index contributed by atoms with van der Waals surface area (Å²) in [5.41, 5.74) is 2.17. The summed E-state index contributed by atoms with van der Waals surface area (Å²) in [4.78, 5) is 32.0. The molecule has 1 aromatic carbocycles. The predicted molar refractivity (Wildman–Crippen MR) is 104 cm³/mol. The fourth-order valence-electron chi connectivity index (χ4n) is 4.05. The van der Waals surface area contributed by atoms with Crippen LogP contribution < -0.4 is 10.6 Å². The lowest BCUT2D eigenvalue weighted by Crippen LogP contribution is -2.56. The number of piperidine rings is 1. The van der Waals surface area contributed by atoms with Gasteiger partial charge >= 0.3 is 12.1 Å². The Balaban J connectivity index is 1.43. The van der Waals surface area contributed by atoms with Gasteiger partial charge in [0.2, 0.25) is 0 Å². The second-order valence-corrected chi connectivity index (χ2v) is 7.45. The number of nitrogens with zero attached hydrogens (tertiary/aromatic N) is 2. The Morgan fingerprint density at radius 1 is 1.22 bits per heavy atom. The highest BCUT2D eigenvalue weighted by Crippen LogP contribution is 2.31. The normalized spacial score (nSPS) is 19.7. The number of nitrogens with one attached hydrogen (secondary N) is 3. The van der Waals surface area contributed by atoms with Gasteiger partial charge in [-0.15, -0.1) is 0 Å². The van der Waals surface area contributed by atoms with Crippen LogP contribution in [-0.4, -0.2) is 59.1 Å². The summed E-state index contributed by atoms with van der Waals surface area (Å²) in [6.07, 6.45) is 5.94. The monoisotopic (exact) mass is 369 g/mol. The highest BCUT2D eigenvalue weighted by atomic mass is 16.2. The number of urea groups is 2. The van der Waals surface area contributed by atoms with Gasteiger partial charge in [0.15, 0.2) is 0 Å². The summed E-state index contributed by atoms with van der Waals surface area (Å²) in [6, 6.07) is 8.42. The van der Waals surface area contributed by atoms with Gasteiger partial charge in [0.05, 0.1) is 6.04 Å². The van der Waals surface area contributed by atoms with E-state index in [1.807, 2.05) is 34.2 Å². The van der Waals surface area contributed by atoms with Crippen molar-refractivity contribution >= 4 is 23.0 Å². The van der Waals surface area contributed by atoms with Gasteiger partial charge in [-0.05, 0) is 37.3 Å². The molecule has 1 aromatic heterocycles. The number of aromatic nitrogens is 1. The van der Waals surface area contributed by atoms with Crippen LogP contribution in [0.2, 0.25) is 0 Å². The molecule has 1 saturated heterocycles. The molecule has 2 heterocycles. The molecule has 27 heavy (non-hydrogen) atoms. The van der Waals surface area contributed by atoms with Crippen LogP contribution >= 0.6 is 0 Å². The highest BCUT2D eigenvalue weighted by Gasteiger charge is 2.39. The van der Waals surface area contributed by atoms with Crippen molar-refractivity contribution in [2.75, 3.05) is 20.1 Å². The lowest BCUT2D eigenvalue weighted by molar-refractivity contribution is 0.116. The maximum absolute atomic E-state index is 13.0. The number of rotatable bonds is 4. The zero-order valence-corrected chi connectivity index (χ0v) is 15.7. The Morgan fingerprint density at radius 3 is 2.81 bits per heavy atom. The van der Waals surface area contributed by atoms with Crippen LogP contribution in [0.3, 0.4) is 0 Å². The van der Waals surface area contributed by atoms with Crippen LogP contribution in [0.5, 0.6) is 0 Å². The lowest BCUT2D eigenvalue weighted by Gasteiger charge is -2.39. The second kappa shape index (κ2) is 7.50. The summed E-state index contributed by atoms with van der Waals surface area (Å²) in [6.45, 7) is 1.86. The number of aromatic amines is 1. The van der Waals surface area contributed by atoms with E-state index in [9.17, 15) is 9.59 Å². The number of amides is 4. The fraction of sp³-hybridized carbons (Fsp3) is 0.500. The molecule has 7 nitrogen and oxygen atoms in total. The molecule has 2 aromatic rings. The molecule has 2 aliphatic rings. The van der Waals surface area contributed by atoms with E-state index in [2.05, 4.69) is 21.7 Å². The molecular weight excluding hydrogens is 342 g/mol. The minimum atomic E-state index is -0.0605. The fourth-order valence-corrected chi connectivity index (χ4v) is 4.05. The van der Waals surface area contributed by atoms with E-state index in [4.69, 9.17) is 0 Å². The maximum atomic E-state index is 13.0. The molecule has 0 radical (unpaired) electrons. The molecule has 0 spiro atoms. The molecule has 1 saturated carbocycles.